The first kappa shape index (κ1) is 16.6. The highest BCUT2D eigenvalue weighted by atomic mass is 15.4. The summed E-state index contributed by atoms with van der Waals surface area (Å²) in [6, 6.07) is 17.2. The zero-order chi connectivity index (χ0) is 18.3. The summed E-state index contributed by atoms with van der Waals surface area (Å²) in [6.45, 7) is 9.54. The first-order valence-corrected chi connectivity index (χ1v) is 8.97. The number of anilines is 4. The van der Waals surface area contributed by atoms with E-state index in [9.17, 15) is 0 Å². The van der Waals surface area contributed by atoms with Gasteiger partial charge < -0.3 is 9.80 Å². The molecular weight excluding hydrogens is 320 g/mol. The van der Waals surface area contributed by atoms with Crippen LogP contribution in [0.1, 0.15) is 31.9 Å². The monoisotopic (exact) mass is 344 g/mol. The molecule has 4 nitrogen and oxygen atoms in total. The van der Waals surface area contributed by atoms with E-state index >= 15 is 0 Å². The molecule has 1 aliphatic heterocycles. The first-order chi connectivity index (χ1) is 12.4. The summed E-state index contributed by atoms with van der Waals surface area (Å²) < 4.78 is 0. The quantitative estimate of drug-likeness (QED) is 0.629. The Kier molecular flexibility index (Phi) is 3.91. The van der Waals surface area contributed by atoms with E-state index in [4.69, 9.17) is 0 Å². The minimum Gasteiger partial charge on any atom is -0.305 e. The third-order valence-corrected chi connectivity index (χ3v) is 4.91. The lowest BCUT2D eigenvalue weighted by Gasteiger charge is -2.24. The third kappa shape index (κ3) is 2.81. The average Bonchev–Trinajstić information content (AvgIpc) is 3.01. The van der Waals surface area contributed by atoms with Gasteiger partial charge in [0.15, 0.2) is 11.6 Å². The maximum absolute atomic E-state index is 4.62. The Morgan fingerprint density at radius 3 is 2.04 bits per heavy atom. The summed E-state index contributed by atoms with van der Waals surface area (Å²) in [4.78, 5) is 13.7. The standard InChI is InChI=1S/C22H24N4/c1-16-7-5-6-8-19(16)26-15-25(20-21(26)24-14-13-23-20)18-11-9-17(10-12-18)22(2,3)4/h5-14H,15H2,1-4H3. The van der Waals surface area contributed by atoms with Crippen molar-refractivity contribution in [3.63, 3.8) is 0 Å². The summed E-state index contributed by atoms with van der Waals surface area (Å²) >= 11 is 0. The number of hydrogen-bond donors (Lipinski definition) is 0. The van der Waals surface area contributed by atoms with E-state index in [0.29, 0.717) is 6.67 Å². The van der Waals surface area contributed by atoms with Crippen molar-refractivity contribution in [2.45, 2.75) is 33.1 Å². The highest BCUT2D eigenvalue weighted by Gasteiger charge is 2.31. The SMILES string of the molecule is Cc1ccccc1N1CN(c2ccc(C(C)(C)C)cc2)c2nccnc21. The maximum Gasteiger partial charge on any atom is 0.178 e. The van der Waals surface area contributed by atoms with Crippen LogP contribution in [0, 0.1) is 6.92 Å². The zero-order valence-corrected chi connectivity index (χ0v) is 15.8. The van der Waals surface area contributed by atoms with Gasteiger partial charge in [0.05, 0.1) is 0 Å². The summed E-state index contributed by atoms with van der Waals surface area (Å²) in [5, 5.41) is 0. The van der Waals surface area contributed by atoms with E-state index < -0.39 is 0 Å². The van der Waals surface area contributed by atoms with Gasteiger partial charge >= 0.3 is 0 Å². The molecule has 2 aromatic carbocycles. The Morgan fingerprint density at radius 2 is 1.42 bits per heavy atom. The molecule has 26 heavy (non-hydrogen) atoms. The van der Waals surface area contributed by atoms with Crippen LogP contribution in [-0.2, 0) is 5.41 Å². The lowest BCUT2D eigenvalue weighted by molar-refractivity contribution is 0.590. The van der Waals surface area contributed by atoms with Crippen LogP contribution in [0.2, 0.25) is 0 Å². The second kappa shape index (κ2) is 6.13. The number of fused-ring (bicyclic) bond motifs is 1. The number of hydrogen-bond acceptors (Lipinski definition) is 4. The van der Waals surface area contributed by atoms with Gasteiger partial charge in [0, 0.05) is 23.8 Å². The van der Waals surface area contributed by atoms with Crippen LogP contribution in [-0.4, -0.2) is 16.6 Å². The second-order valence-electron chi connectivity index (χ2n) is 7.78. The third-order valence-electron chi connectivity index (χ3n) is 4.91. The molecule has 0 aliphatic carbocycles. The molecule has 0 fully saturated rings. The Hall–Kier alpha value is -2.88. The molecule has 1 aliphatic rings. The molecule has 4 heteroatoms. The fourth-order valence-corrected chi connectivity index (χ4v) is 3.38. The maximum atomic E-state index is 4.62. The fraction of sp³-hybridized carbons (Fsp3) is 0.273. The van der Waals surface area contributed by atoms with Crippen molar-refractivity contribution in [3.05, 3.63) is 72.1 Å². The van der Waals surface area contributed by atoms with Crippen LogP contribution >= 0.6 is 0 Å². The predicted octanol–water partition coefficient (Wildman–Crippen LogP) is 5.33. The van der Waals surface area contributed by atoms with Crippen molar-refractivity contribution in [1.82, 2.24) is 9.97 Å². The molecule has 0 saturated carbocycles. The van der Waals surface area contributed by atoms with Crippen LogP contribution in [0.3, 0.4) is 0 Å². The van der Waals surface area contributed by atoms with Crippen LogP contribution in [0.5, 0.6) is 0 Å². The zero-order valence-electron chi connectivity index (χ0n) is 15.8. The summed E-state index contributed by atoms with van der Waals surface area (Å²) in [5.74, 6) is 1.81. The molecule has 0 radical (unpaired) electrons. The van der Waals surface area contributed by atoms with Gasteiger partial charge in [0.1, 0.15) is 6.67 Å². The average molecular weight is 344 g/mol. The summed E-state index contributed by atoms with van der Waals surface area (Å²) in [7, 11) is 0. The number of nitrogens with zero attached hydrogens (tertiary/aromatic N) is 4. The molecular formula is C22H24N4. The van der Waals surface area contributed by atoms with Gasteiger partial charge in [-0.3, -0.25) is 0 Å². The van der Waals surface area contributed by atoms with Gasteiger partial charge in [-0.05, 0) is 41.7 Å². The van der Waals surface area contributed by atoms with Crippen molar-refractivity contribution in [3.8, 4) is 0 Å². The Bertz CT molecular complexity index is 925. The molecule has 132 valence electrons. The Labute approximate surface area is 155 Å². The number of aromatic nitrogens is 2. The molecule has 0 N–H and O–H groups in total. The van der Waals surface area contributed by atoms with Crippen LogP contribution in [0.4, 0.5) is 23.0 Å². The highest BCUT2D eigenvalue weighted by molar-refractivity contribution is 5.82. The van der Waals surface area contributed by atoms with Crippen LogP contribution < -0.4 is 9.80 Å². The van der Waals surface area contributed by atoms with Crippen molar-refractivity contribution in [1.29, 1.82) is 0 Å². The first-order valence-electron chi connectivity index (χ1n) is 8.97. The lowest BCUT2D eigenvalue weighted by Crippen LogP contribution is -2.25. The molecule has 0 bridgehead atoms. The topological polar surface area (TPSA) is 32.3 Å². The number of para-hydroxylation sites is 1. The molecule has 2 heterocycles. The van der Waals surface area contributed by atoms with E-state index in [2.05, 4.69) is 96.0 Å². The van der Waals surface area contributed by atoms with Crippen molar-refractivity contribution in [2.24, 2.45) is 0 Å². The van der Waals surface area contributed by atoms with Gasteiger partial charge in [0.2, 0.25) is 0 Å². The molecule has 3 aromatic rings. The van der Waals surface area contributed by atoms with Gasteiger partial charge in [-0.25, -0.2) is 9.97 Å². The minimum absolute atomic E-state index is 0.147. The van der Waals surface area contributed by atoms with Crippen LogP contribution in [0.25, 0.3) is 0 Å². The largest absolute Gasteiger partial charge is 0.305 e. The number of aryl methyl sites for hydroxylation is 1. The summed E-state index contributed by atoms with van der Waals surface area (Å²) in [5.41, 5.74) is 5.01. The van der Waals surface area contributed by atoms with Crippen molar-refractivity contribution in [2.75, 3.05) is 16.5 Å². The summed E-state index contributed by atoms with van der Waals surface area (Å²) in [6.07, 6.45) is 3.52. The number of benzene rings is 2. The Balaban J connectivity index is 1.74. The molecule has 0 spiro atoms. The molecule has 4 rings (SSSR count). The van der Waals surface area contributed by atoms with Crippen molar-refractivity contribution >= 4 is 23.0 Å². The van der Waals surface area contributed by atoms with Gasteiger partial charge in [-0.1, -0.05) is 51.1 Å². The molecule has 0 unspecified atom stereocenters. The fourth-order valence-electron chi connectivity index (χ4n) is 3.38. The van der Waals surface area contributed by atoms with E-state index in [1.165, 1.54) is 16.8 Å². The normalized spacial score (nSPS) is 13.8. The van der Waals surface area contributed by atoms with Gasteiger partial charge in [-0.2, -0.15) is 0 Å². The predicted molar refractivity (Wildman–Crippen MR) is 107 cm³/mol. The highest BCUT2D eigenvalue weighted by Crippen LogP contribution is 2.42. The van der Waals surface area contributed by atoms with Gasteiger partial charge in [0.25, 0.3) is 0 Å². The molecule has 0 atom stereocenters. The van der Waals surface area contributed by atoms with Crippen molar-refractivity contribution < 1.29 is 0 Å². The molecule has 1 aromatic heterocycles. The van der Waals surface area contributed by atoms with E-state index in [-0.39, 0.29) is 5.41 Å². The number of rotatable bonds is 2. The second-order valence-corrected chi connectivity index (χ2v) is 7.78. The Morgan fingerprint density at radius 1 is 0.808 bits per heavy atom. The van der Waals surface area contributed by atoms with Crippen LogP contribution in [0.15, 0.2) is 60.9 Å². The van der Waals surface area contributed by atoms with E-state index in [1.54, 1.807) is 12.4 Å². The molecule has 0 saturated heterocycles. The minimum atomic E-state index is 0.147. The van der Waals surface area contributed by atoms with Gasteiger partial charge in [-0.15, -0.1) is 0 Å². The smallest absolute Gasteiger partial charge is 0.178 e. The molecule has 0 amide bonds. The van der Waals surface area contributed by atoms with E-state index in [1.807, 2.05) is 0 Å². The van der Waals surface area contributed by atoms with E-state index in [0.717, 1.165) is 17.3 Å². The lowest BCUT2D eigenvalue weighted by atomic mass is 9.87.